The second-order valence-corrected chi connectivity index (χ2v) is 5.78. The molecule has 6 nitrogen and oxygen atoms in total. The number of nitro groups is 1. The maximum Gasteiger partial charge on any atom is 0.289 e. The van der Waals surface area contributed by atoms with Gasteiger partial charge in [0.1, 0.15) is 12.0 Å². The summed E-state index contributed by atoms with van der Waals surface area (Å²) in [4.78, 5) is 16.7. The molecule has 1 saturated heterocycles. The highest BCUT2D eigenvalue weighted by molar-refractivity contribution is 6.33. The fourth-order valence-electron chi connectivity index (χ4n) is 2.53. The summed E-state index contributed by atoms with van der Waals surface area (Å²) in [6.07, 6.45) is 4.58. The number of hydrogen-bond donors (Lipinski definition) is 0. The normalized spacial score (nSPS) is 21.9. The lowest BCUT2D eigenvalue weighted by Gasteiger charge is -2.26. The minimum Gasteiger partial charge on any atom is -0.381 e. The van der Waals surface area contributed by atoms with Crippen LogP contribution >= 0.6 is 11.6 Å². The van der Waals surface area contributed by atoms with Gasteiger partial charge in [0.15, 0.2) is 0 Å². The molecule has 108 valence electrons. The minimum absolute atomic E-state index is 0.0707. The molecule has 1 atom stereocenters. The van der Waals surface area contributed by atoms with Crippen molar-refractivity contribution in [2.75, 3.05) is 24.7 Å². The number of nitrogens with zero attached hydrogens (tertiary/aromatic N) is 3. The molecule has 0 amide bonds. The molecule has 1 aromatic heterocycles. The lowest BCUT2D eigenvalue weighted by atomic mass is 10.1. The van der Waals surface area contributed by atoms with Crippen molar-refractivity contribution in [3.63, 3.8) is 0 Å². The lowest BCUT2D eigenvalue weighted by molar-refractivity contribution is -0.385. The molecule has 20 heavy (non-hydrogen) atoms. The van der Waals surface area contributed by atoms with Crippen molar-refractivity contribution in [1.82, 2.24) is 4.98 Å². The summed E-state index contributed by atoms with van der Waals surface area (Å²) < 4.78 is 5.41. The van der Waals surface area contributed by atoms with E-state index in [4.69, 9.17) is 16.3 Å². The smallest absolute Gasteiger partial charge is 0.289 e. The Labute approximate surface area is 121 Å². The second kappa shape index (κ2) is 5.54. The zero-order valence-electron chi connectivity index (χ0n) is 11.0. The first kappa shape index (κ1) is 13.6. The molecule has 1 aromatic rings. The summed E-state index contributed by atoms with van der Waals surface area (Å²) in [5.41, 5.74) is -0.0707. The molecule has 0 aromatic carbocycles. The molecule has 2 fully saturated rings. The summed E-state index contributed by atoms with van der Waals surface area (Å²) in [5.74, 6) is 1.15. The van der Waals surface area contributed by atoms with Crippen LogP contribution in [0.2, 0.25) is 5.02 Å². The van der Waals surface area contributed by atoms with Crippen LogP contribution in [0.15, 0.2) is 12.3 Å². The van der Waals surface area contributed by atoms with Crippen molar-refractivity contribution >= 4 is 23.1 Å². The quantitative estimate of drug-likeness (QED) is 0.617. The van der Waals surface area contributed by atoms with Gasteiger partial charge >= 0.3 is 0 Å². The van der Waals surface area contributed by atoms with Crippen LogP contribution in [0.1, 0.15) is 19.3 Å². The Kier molecular flexibility index (Phi) is 3.76. The van der Waals surface area contributed by atoms with Gasteiger partial charge in [-0.15, -0.1) is 0 Å². The molecule has 7 heteroatoms. The van der Waals surface area contributed by atoms with Gasteiger partial charge < -0.3 is 9.64 Å². The highest BCUT2D eigenvalue weighted by Crippen LogP contribution is 2.36. The van der Waals surface area contributed by atoms with Crippen LogP contribution in [-0.4, -0.2) is 35.7 Å². The predicted molar refractivity (Wildman–Crippen MR) is 75.2 cm³/mol. The summed E-state index contributed by atoms with van der Waals surface area (Å²) in [5, 5.41) is 11.1. The van der Waals surface area contributed by atoms with E-state index in [0.29, 0.717) is 22.8 Å². The van der Waals surface area contributed by atoms with Crippen molar-refractivity contribution in [1.29, 1.82) is 0 Å². The van der Waals surface area contributed by atoms with Crippen LogP contribution in [0, 0.1) is 16.0 Å². The third-order valence-electron chi connectivity index (χ3n) is 3.76. The molecular weight excluding hydrogens is 282 g/mol. The highest BCUT2D eigenvalue weighted by atomic mass is 35.5. The molecule has 0 unspecified atom stereocenters. The number of rotatable bonds is 5. The van der Waals surface area contributed by atoms with Crippen molar-refractivity contribution in [2.45, 2.75) is 25.3 Å². The average Bonchev–Trinajstić information content (AvgIpc) is 3.14. The van der Waals surface area contributed by atoms with E-state index in [0.717, 1.165) is 39.0 Å². The Morgan fingerprint density at radius 3 is 2.85 bits per heavy atom. The average molecular weight is 298 g/mol. The standard InChI is InChI=1S/C13H16ClN3O3/c14-12-5-11(17(18)19)6-15-13(12)16(10-1-2-10)7-9-3-4-20-8-9/h5-6,9-10H,1-4,7-8H2/t9-/m1/s1. The fraction of sp³-hybridized carbons (Fsp3) is 0.615. The van der Waals surface area contributed by atoms with Crippen molar-refractivity contribution in [3.05, 3.63) is 27.4 Å². The first-order valence-corrected chi connectivity index (χ1v) is 7.17. The third-order valence-corrected chi connectivity index (χ3v) is 4.03. The summed E-state index contributed by atoms with van der Waals surface area (Å²) >= 11 is 6.19. The summed E-state index contributed by atoms with van der Waals surface area (Å²) in [6.45, 7) is 2.44. The summed E-state index contributed by atoms with van der Waals surface area (Å²) in [6, 6.07) is 1.84. The third kappa shape index (κ3) is 2.86. The van der Waals surface area contributed by atoms with Gasteiger partial charge in [0, 0.05) is 31.2 Å². The van der Waals surface area contributed by atoms with Crippen molar-refractivity contribution in [2.24, 2.45) is 5.92 Å². The Morgan fingerprint density at radius 2 is 2.30 bits per heavy atom. The van der Waals surface area contributed by atoms with E-state index in [1.165, 1.54) is 12.3 Å². The van der Waals surface area contributed by atoms with Gasteiger partial charge in [-0.1, -0.05) is 11.6 Å². The van der Waals surface area contributed by atoms with E-state index in [1.54, 1.807) is 0 Å². The van der Waals surface area contributed by atoms with Gasteiger partial charge in [0.05, 0.1) is 16.6 Å². The zero-order chi connectivity index (χ0) is 14.1. The SMILES string of the molecule is O=[N+]([O-])c1cnc(N(C[C@H]2CCOC2)C2CC2)c(Cl)c1. The summed E-state index contributed by atoms with van der Waals surface area (Å²) in [7, 11) is 0. The Morgan fingerprint density at radius 1 is 1.50 bits per heavy atom. The lowest BCUT2D eigenvalue weighted by Crippen LogP contribution is -2.32. The first-order chi connectivity index (χ1) is 9.65. The molecule has 1 aliphatic carbocycles. The van der Waals surface area contributed by atoms with Crippen LogP contribution in [0.3, 0.4) is 0 Å². The number of halogens is 1. The van der Waals surface area contributed by atoms with Gasteiger partial charge in [-0.25, -0.2) is 4.98 Å². The second-order valence-electron chi connectivity index (χ2n) is 5.37. The molecule has 0 N–H and O–H groups in total. The van der Waals surface area contributed by atoms with Crippen LogP contribution < -0.4 is 4.90 Å². The molecule has 2 aliphatic rings. The highest BCUT2D eigenvalue weighted by Gasteiger charge is 2.34. The number of pyridine rings is 1. The van der Waals surface area contributed by atoms with Crippen molar-refractivity contribution < 1.29 is 9.66 Å². The Bertz CT molecular complexity index is 516. The first-order valence-electron chi connectivity index (χ1n) is 6.79. The van der Waals surface area contributed by atoms with Crippen LogP contribution in [0.5, 0.6) is 0 Å². The predicted octanol–water partition coefficient (Wildman–Crippen LogP) is 2.65. The van der Waals surface area contributed by atoms with Crippen LogP contribution in [0.4, 0.5) is 11.5 Å². The van der Waals surface area contributed by atoms with Gasteiger partial charge in [-0.2, -0.15) is 0 Å². The maximum atomic E-state index is 10.7. The van der Waals surface area contributed by atoms with E-state index in [1.807, 2.05) is 0 Å². The number of ether oxygens (including phenoxy) is 1. The van der Waals surface area contributed by atoms with Gasteiger partial charge in [0.2, 0.25) is 0 Å². The minimum atomic E-state index is -0.477. The Hall–Kier alpha value is -1.40. The van der Waals surface area contributed by atoms with Crippen molar-refractivity contribution in [3.8, 4) is 0 Å². The van der Waals surface area contributed by atoms with Gasteiger partial charge in [-0.05, 0) is 19.3 Å². The monoisotopic (exact) mass is 297 g/mol. The largest absolute Gasteiger partial charge is 0.381 e. The van der Waals surface area contributed by atoms with E-state index >= 15 is 0 Å². The molecule has 3 rings (SSSR count). The molecular formula is C13H16ClN3O3. The van der Waals surface area contributed by atoms with E-state index in [2.05, 4.69) is 9.88 Å². The topological polar surface area (TPSA) is 68.5 Å². The number of aromatic nitrogens is 1. The molecule has 2 heterocycles. The van der Waals surface area contributed by atoms with E-state index in [9.17, 15) is 10.1 Å². The van der Waals surface area contributed by atoms with Gasteiger partial charge in [-0.3, -0.25) is 10.1 Å². The maximum absolute atomic E-state index is 10.7. The Balaban J connectivity index is 1.81. The van der Waals surface area contributed by atoms with Crippen LogP contribution in [-0.2, 0) is 4.74 Å². The molecule has 1 saturated carbocycles. The molecule has 1 aliphatic heterocycles. The van der Waals surface area contributed by atoms with E-state index in [-0.39, 0.29) is 5.69 Å². The molecule has 0 radical (unpaired) electrons. The van der Waals surface area contributed by atoms with Gasteiger partial charge in [0.25, 0.3) is 5.69 Å². The molecule has 0 spiro atoms. The number of hydrogen-bond acceptors (Lipinski definition) is 5. The van der Waals surface area contributed by atoms with Crippen LogP contribution in [0.25, 0.3) is 0 Å². The van der Waals surface area contributed by atoms with E-state index < -0.39 is 4.92 Å². The fourth-order valence-corrected chi connectivity index (χ4v) is 2.80. The zero-order valence-corrected chi connectivity index (χ0v) is 11.8. The number of anilines is 1. The molecule has 0 bridgehead atoms.